The van der Waals surface area contributed by atoms with Crippen LogP contribution in [0.1, 0.15) is 24.3 Å². The summed E-state index contributed by atoms with van der Waals surface area (Å²) in [6, 6.07) is 0. The molecule has 0 saturated heterocycles. The largest absolute Gasteiger partial charge is 0.336 e. The van der Waals surface area contributed by atoms with Crippen LogP contribution in [0.3, 0.4) is 0 Å². The van der Waals surface area contributed by atoms with Crippen molar-refractivity contribution in [1.29, 1.82) is 0 Å². The van der Waals surface area contributed by atoms with Crippen molar-refractivity contribution < 1.29 is 4.79 Å². The third-order valence-corrected chi connectivity index (χ3v) is 2.93. The lowest BCUT2D eigenvalue weighted by molar-refractivity contribution is 0.0719. The van der Waals surface area contributed by atoms with Gasteiger partial charge in [-0.05, 0) is 20.0 Å². The maximum Gasteiger partial charge on any atom is 0.273 e. The predicted octanol–water partition coefficient (Wildman–Crippen LogP) is 1.80. The molecule has 4 nitrogen and oxygen atoms in total. The van der Waals surface area contributed by atoms with Crippen LogP contribution in [0, 0.1) is 5.92 Å². The van der Waals surface area contributed by atoms with Gasteiger partial charge in [0.05, 0.1) is 5.51 Å². The molecule has 0 fully saturated rings. The van der Waals surface area contributed by atoms with Gasteiger partial charge in [0.1, 0.15) is 5.69 Å². The summed E-state index contributed by atoms with van der Waals surface area (Å²) in [5.41, 5.74) is 2.27. The molecular weight excluding hydrogens is 234 g/mol. The molecule has 1 heterocycles. The summed E-state index contributed by atoms with van der Waals surface area (Å²) in [4.78, 5) is 20.3. The molecule has 0 aromatic carbocycles. The number of hydrogen-bond donors (Lipinski definition) is 0. The van der Waals surface area contributed by atoms with Crippen LogP contribution in [-0.4, -0.2) is 54.4 Å². The zero-order valence-corrected chi connectivity index (χ0v) is 11.8. The van der Waals surface area contributed by atoms with Crippen molar-refractivity contribution >= 4 is 17.2 Å². The molecule has 17 heavy (non-hydrogen) atoms. The lowest BCUT2D eigenvalue weighted by Crippen LogP contribution is -2.39. The first-order chi connectivity index (χ1) is 8.00. The minimum atomic E-state index is 0.0433. The van der Waals surface area contributed by atoms with Crippen LogP contribution in [0.5, 0.6) is 0 Å². The standard InChI is InChI=1S/C12H21N3OS/c1-10(2)7-15(6-5-14(3)4)12(16)11-8-17-9-13-11/h8-10H,5-7H2,1-4H3. The van der Waals surface area contributed by atoms with Crippen LogP contribution in [0.2, 0.25) is 0 Å². The van der Waals surface area contributed by atoms with Crippen molar-refractivity contribution in [3.63, 3.8) is 0 Å². The average Bonchev–Trinajstić information content (AvgIpc) is 2.75. The summed E-state index contributed by atoms with van der Waals surface area (Å²) in [6.07, 6.45) is 0. The molecule has 0 unspecified atom stereocenters. The van der Waals surface area contributed by atoms with Gasteiger partial charge >= 0.3 is 0 Å². The monoisotopic (exact) mass is 255 g/mol. The van der Waals surface area contributed by atoms with Crippen molar-refractivity contribution in [2.75, 3.05) is 33.7 Å². The third-order valence-electron chi connectivity index (χ3n) is 2.34. The Morgan fingerprint density at radius 1 is 1.41 bits per heavy atom. The highest BCUT2D eigenvalue weighted by Crippen LogP contribution is 2.08. The van der Waals surface area contributed by atoms with Crippen LogP contribution < -0.4 is 0 Å². The first-order valence-electron chi connectivity index (χ1n) is 5.83. The Bertz CT molecular complexity index is 336. The van der Waals surface area contributed by atoms with E-state index in [-0.39, 0.29) is 5.91 Å². The van der Waals surface area contributed by atoms with Gasteiger partial charge in [-0.3, -0.25) is 4.79 Å². The van der Waals surface area contributed by atoms with Gasteiger partial charge < -0.3 is 9.80 Å². The van der Waals surface area contributed by atoms with E-state index in [0.29, 0.717) is 11.6 Å². The summed E-state index contributed by atoms with van der Waals surface area (Å²) in [5, 5.41) is 1.81. The molecule has 1 amide bonds. The van der Waals surface area contributed by atoms with Gasteiger partial charge in [0.2, 0.25) is 0 Å². The minimum absolute atomic E-state index is 0.0433. The first kappa shape index (κ1) is 14.1. The molecule has 1 aromatic heterocycles. The lowest BCUT2D eigenvalue weighted by atomic mass is 10.2. The molecule has 0 radical (unpaired) electrons. The molecule has 0 aliphatic carbocycles. The number of hydrogen-bond acceptors (Lipinski definition) is 4. The second-order valence-corrected chi connectivity index (χ2v) is 5.54. The lowest BCUT2D eigenvalue weighted by Gasteiger charge is -2.25. The van der Waals surface area contributed by atoms with Crippen LogP contribution in [0.4, 0.5) is 0 Å². The number of nitrogens with zero attached hydrogens (tertiary/aromatic N) is 3. The zero-order chi connectivity index (χ0) is 12.8. The number of amides is 1. The van der Waals surface area contributed by atoms with E-state index in [0.717, 1.165) is 19.6 Å². The molecule has 1 aromatic rings. The Labute approximate surface area is 107 Å². The smallest absolute Gasteiger partial charge is 0.273 e. The highest BCUT2D eigenvalue weighted by molar-refractivity contribution is 7.07. The van der Waals surface area contributed by atoms with Crippen LogP contribution in [-0.2, 0) is 0 Å². The fourth-order valence-electron chi connectivity index (χ4n) is 1.52. The number of rotatable bonds is 6. The minimum Gasteiger partial charge on any atom is -0.336 e. The summed E-state index contributed by atoms with van der Waals surface area (Å²) in [5.74, 6) is 0.515. The highest BCUT2D eigenvalue weighted by Gasteiger charge is 2.18. The van der Waals surface area contributed by atoms with E-state index in [4.69, 9.17) is 0 Å². The van der Waals surface area contributed by atoms with E-state index in [1.165, 1.54) is 11.3 Å². The Morgan fingerprint density at radius 3 is 2.59 bits per heavy atom. The molecule has 0 N–H and O–H groups in total. The zero-order valence-electron chi connectivity index (χ0n) is 11.0. The molecule has 0 spiro atoms. The summed E-state index contributed by atoms with van der Waals surface area (Å²) in [6.45, 7) is 6.66. The van der Waals surface area contributed by atoms with Crippen LogP contribution in [0.15, 0.2) is 10.9 Å². The van der Waals surface area contributed by atoms with E-state index in [9.17, 15) is 4.79 Å². The number of carbonyl (C=O) groups excluding carboxylic acids is 1. The highest BCUT2D eigenvalue weighted by atomic mass is 32.1. The first-order valence-corrected chi connectivity index (χ1v) is 6.77. The van der Waals surface area contributed by atoms with Gasteiger partial charge in [-0.1, -0.05) is 13.8 Å². The van der Waals surface area contributed by atoms with Gasteiger partial charge in [0.15, 0.2) is 0 Å². The fraction of sp³-hybridized carbons (Fsp3) is 0.667. The molecule has 0 bridgehead atoms. The normalized spacial score (nSPS) is 11.2. The van der Waals surface area contributed by atoms with E-state index in [1.807, 2.05) is 24.4 Å². The van der Waals surface area contributed by atoms with Crippen molar-refractivity contribution in [3.05, 3.63) is 16.6 Å². The third kappa shape index (κ3) is 4.83. The Balaban J connectivity index is 2.65. The molecule has 96 valence electrons. The van der Waals surface area contributed by atoms with Gasteiger partial charge in [0, 0.05) is 25.0 Å². The summed E-state index contributed by atoms with van der Waals surface area (Å²) < 4.78 is 0. The number of likely N-dealkylation sites (N-methyl/N-ethyl adjacent to an activating group) is 1. The SMILES string of the molecule is CC(C)CN(CCN(C)C)C(=O)c1cscn1. The quantitative estimate of drug-likeness (QED) is 0.778. The number of aromatic nitrogens is 1. The number of carbonyl (C=O) groups is 1. The molecule has 0 aliphatic heterocycles. The maximum absolute atomic E-state index is 12.2. The van der Waals surface area contributed by atoms with E-state index < -0.39 is 0 Å². The van der Waals surface area contributed by atoms with Gasteiger partial charge in [-0.2, -0.15) is 0 Å². The van der Waals surface area contributed by atoms with Gasteiger partial charge in [-0.25, -0.2) is 4.98 Å². The van der Waals surface area contributed by atoms with Crippen LogP contribution in [0.25, 0.3) is 0 Å². The van der Waals surface area contributed by atoms with Gasteiger partial charge in [-0.15, -0.1) is 11.3 Å². The number of thiazole rings is 1. The molecule has 0 aliphatic rings. The van der Waals surface area contributed by atoms with Crippen molar-refractivity contribution in [1.82, 2.24) is 14.8 Å². The van der Waals surface area contributed by atoms with E-state index >= 15 is 0 Å². The average molecular weight is 255 g/mol. The van der Waals surface area contributed by atoms with Crippen LogP contribution >= 0.6 is 11.3 Å². The van der Waals surface area contributed by atoms with Crippen molar-refractivity contribution in [2.45, 2.75) is 13.8 Å². The molecular formula is C12H21N3OS. The topological polar surface area (TPSA) is 36.4 Å². The second kappa shape index (κ2) is 6.71. The predicted molar refractivity (Wildman–Crippen MR) is 71.4 cm³/mol. The van der Waals surface area contributed by atoms with E-state index in [1.54, 1.807) is 5.51 Å². The Hall–Kier alpha value is -0.940. The van der Waals surface area contributed by atoms with E-state index in [2.05, 4.69) is 23.7 Å². The van der Waals surface area contributed by atoms with Crippen molar-refractivity contribution in [2.24, 2.45) is 5.92 Å². The second-order valence-electron chi connectivity index (χ2n) is 4.82. The molecule has 5 heteroatoms. The van der Waals surface area contributed by atoms with Crippen molar-refractivity contribution in [3.8, 4) is 0 Å². The Kier molecular flexibility index (Phi) is 5.58. The Morgan fingerprint density at radius 2 is 2.12 bits per heavy atom. The summed E-state index contributed by atoms with van der Waals surface area (Å²) in [7, 11) is 4.03. The molecule has 0 atom stereocenters. The molecule has 1 rings (SSSR count). The molecule has 0 saturated carbocycles. The fourth-order valence-corrected chi connectivity index (χ4v) is 2.04. The van der Waals surface area contributed by atoms with Gasteiger partial charge in [0.25, 0.3) is 5.91 Å². The maximum atomic E-state index is 12.2. The summed E-state index contributed by atoms with van der Waals surface area (Å²) >= 11 is 1.46.